The molecule has 0 atom stereocenters. The molecule has 0 aromatic heterocycles. The Labute approximate surface area is 134 Å². The van der Waals surface area contributed by atoms with Crippen LogP contribution < -0.4 is 10.1 Å². The van der Waals surface area contributed by atoms with Crippen LogP contribution in [0.1, 0.15) is 20.7 Å². The smallest absolute Gasteiger partial charge is 0.266 e. The van der Waals surface area contributed by atoms with Gasteiger partial charge in [-0.2, -0.15) is 0 Å². The van der Waals surface area contributed by atoms with E-state index >= 15 is 0 Å². The van der Waals surface area contributed by atoms with Gasteiger partial charge in [0.2, 0.25) is 0 Å². The molecule has 0 saturated heterocycles. The molecule has 2 amide bonds. The van der Waals surface area contributed by atoms with E-state index in [1.165, 1.54) is 4.90 Å². The summed E-state index contributed by atoms with van der Waals surface area (Å²) in [6.45, 7) is 0. The van der Waals surface area contributed by atoms with E-state index < -0.39 is 14.0 Å². The average molecular weight is 336 g/mol. The second-order valence-electron chi connectivity index (χ2n) is 4.76. The molecule has 1 aliphatic rings. The number of halogens is 2. The van der Waals surface area contributed by atoms with Crippen molar-refractivity contribution in [1.29, 1.82) is 0 Å². The molecule has 6 heteroatoms. The summed E-state index contributed by atoms with van der Waals surface area (Å²) >= 11 is 11.6. The SMILES string of the molecule is O=C1c2ccc([SiH2]C(Cl)Cl)cc2C(=O)N1c1ccccc1. The van der Waals surface area contributed by atoms with Crippen molar-refractivity contribution >= 4 is 55.4 Å². The summed E-state index contributed by atoms with van der Waals surface area (Å²) in [6, 6.07) is 14.2. The lowest BCUT2D eigenvalue weighted by atomic mass is 10.1. The zero-order chi connectivity index (χ0) is 15.0. The highest BCUT2D eigenvalue weighted by Crippen LogP contribution is 2.27. The lowest BCUT2D eigenvalue weighted by Gasteiger charge is -2.13. The summed E-state index contributed by atoms with van der Waals surface area (Å²) in [6.07, 6.45) is 0. The number of benzene rings is 2. The summed E-state index contributed by atoms with van der Waals surface area (Å²) in [7, 11) is -0.866. The Morgan fingerprint density at radius 1 is 0.905 bits per heavy atom. The maximum atomic E-state index is 12.5. The number of imide groups is 1. The van der Waals surface area contributed by atoms with Crippen LogP contribution in [0.25, 0.3) is 0 Å². The predicted octanol–water partition coefficient (Wildman–Crippen LogP) is 2.04. The maximum Gasteiger partial charge on any atom is 0.266 e. The van der Waals surface area contributed by atoms with E-state index in [0.29, 0.717) is 16.8 Å². The van der Waals surface area contributed by atoms with Gasteiger partial charge in [-0.3, -0.25) is 9.59 Å². The largest absolute Gasteiger partial charge is 0.268 e. The minimum absolute atomic E-state index is 0.289. The van der Waals surface area contributed by atoms with Crippen molar-refractivity contribution in [3.63, 3.8) is 0 Å². The molecule has 2 aromatic carbocycles. The molecular weight excluding hydrogens is 325 g/mol. The molecule has 1 heterocycles. The van der Waals surface area contributed by atoms with E-state index in [1.54, 1.807) is 36.4 Å². The number of nitrogens with zero attached hydrogens (tertiary/aromatic N) is 1. The average Bonchev–Trinajstić information content (AvgIpc) is 2.71. The molecule has 0 radical (unpaired) electrons. The quantitative estimate of drug-likeness (QED) is 0.489. The normalized spacial score (nSPS) is 14.5. The summed E-state index contributed by atoms with van der Waals surface area (Å²) in [5.74, 6) is -0.583. The van der Waals surface area contributed by atoms with E-state index in [9.17, 15) is 9.59 Å². The number of hydrogen-bond donors (Lipinski definition) is 0. The molecular formula is C15H11Cl2NO2Si. The van der Waals surface area contributed by atoms with Crippen LogP contribution in [0.3, 0.4) is 0 Å². The van der Waals surface area contributed by atoms with Gasteiger partial charge in [0.15, 0.2) is 0 Å². The summed E-state index contributed by atoms with van der Waals surface area (Å²) < 4.78 is -0.402. The van der Waals surface area contributed by atoms with E-state index in [-0.39, 0.29) is 11.8 Å². The van der Waals surface area contributed by atoms with Crippen molar-refractivity contribution in [1.82, 2.24) is 0 Å². The number of carbonyl (C=O) groups excluding carboxylic acids is 2. The number of para-hydroxylation sites is 1. The third-order valence-electron chi connectivity index (χ3n) is 3.36. The summed E-state index contributed by atoms with van der Waals surface area (Å²) in [5.41, 5.74) is 1.44. The van der Waals surface area contributed by atoms with Crippen molar-refractivity contribution in [2.24, 2.45) is 0 Å². The Bertz CT molecular complexity index is 719. The third-order valence-corrected chi connectivity index (χ3v) is 5.50. The molecule has 3 nitrogen and oxygen atoms in total. The number of amides is 2. The van der Waals surface area contributed by atoms with Crippen LogP contribution in [-0.4, -0.2) is 25.8 Å². The lowest BCUT2D eigenvalue weighted by Crippen LogP contribution is -2.29. The highest BCUT2D eigenvalue weighted by Gasteiger charge is 2.36. The summed E-state index contributed by atoms with van der Waals surface area (Å²) in [5, 5.41) is 0.972. The van der Waals surface area contributed by atoms with Crippen molar-refractivity contribution < 1.29 is 9.59 Å². The van der Waals surface area contributed by atoms with Gasteiger partial charge >= 0.3 is 0 Å². The maximum absolute atomic E-state index is 12.5. The third kappa shape index (κ3) is 2.62. The molecule has 0 fully saturated rings. The van der Waals surface area contributed by atoms with Gasteiger partial charge in [-0.25, -0.2) is 4.90 Å². The molecule has 2 aromatic rings. The highest BCUT2D eigenvalue weighted by atomic mass is 35.5. The number of rotatable bonds is 3. The highest BCUT2D eigenvalue weighted by molar-refractivity contribution is 6.75. The van der Waals surface area contributed by atoms with Gasteiger partial charge in [0, 0.05) is 0 Å². The van der Waals surface area contributed by atoms with Crippen molar-refractivity contribution in [3.8, 4) is 0 Å². The fourth-order valence-corrected chi connectivity index (χ4v) is 4.41. The van der Waals surface area contributed by atoms with Crippen molar-refractivity contribution in [2.45, 2.75) is 4.46 Å². The van der Waals surface area contributed by atoms with Gasteiger partial charge in [-0.1, -0.05) is 29.5 Å². The van der Waals surface area contributed by atoms with Gasteiger partial charge < -0.3 is 0 Å². The first-order valence-electron chi connectivity index (χ1n) is 6.43. The number of hydrogen-bond acceptors (Lipinski definition) is 2. The molecule has 3 rings (SSSR count). The predicted molar refractivity (Wildman–Crippen MR) is 87.7 cm³/mol. The van der Waals surface area contributed by atoms with E-state index in [2.05, 4.69) is 0 Å². The molecule has 0 N–H and O–H groups in total. The molecule has 21 heavy (non-hydrogen) atoms. The fraction of sp³-hybridized carbons (Fsp3) is 0.0667. The molecule has 106 valence electrons. The lowest BCUT2D eigenvalue weighted by molar-refractivity contribution is 0.0926. The number of anilines is 1. The Kier molecular flexibility index (Phi) is 3.84. The van der Waals surface area contributed by atoms with Crippen LogP contribution >= 0.6 is 23.2 Å². The Hall–Kier alpha value is -1.62. The minimum Gasteiger partial charge on any atom is -0.268 e. The standard InChI is InChI=1S/C15H11Cl2NO2Si/c16-15(17)21-10-6-7-11-12(8-10)14(20)18(13(11)19)9-4-2-1-3-5-9/h1-8,15H,21H2. The van der Waals surface area contributed by atoms with Crippen LogP contribution in [0, 0.1) is 0 Å². The van der Waals surface area contributed by atoms with Crippen LogP contribution in [0.15, 0.2) is 48.5 Å². The van der Waals surface area contributed by atoms with Crippen molar-refractivity contribution in [2.75, 3.05) is 4.90 Å². The molecule has 0 unspecified atom stereocenters. The first kappa shape index (κ1) is 14.3. The number of fused-ring (bicyclic) bond motifs is 1. The van der Waals surface area contributed by atoms with E-state index in [1.807, 2.05) is 12.1 Å². The number of alkyl halides is 2. The number of carbonyl (C=O) groups is 2. The molecule has 0 saturated carbocycles. The topological polar surface area (TPSA) is 37.4 Å². The van der Waals surface area contributed by atoms with Gasteiger partial charge in [0.25, 0.3) is 11.8 Å². The zero-order valence-electron chi connectivity index (χ0n) is 10.9. The zero-order valence-corrected chi connectivity index (χ0v) is 13.8. The van der Waals surface area contributed by atoms with Gasteiger partial charge in [-0.05, 0) is 24.3 Å². The van der Waals surface area contributed by atoms with Crippen LogP contribution in [-0.2, 0) is 0 Å². The monoisotopic (exact) mass is 335 g/mol. The Balaban J connectivity index is 2.01. The minimum atomic E-state index is -0.866. The van der Waals surface area contributed by atoms with Crippen LogP contribution in [0.2, 0.25) is 0 Å². The van der Waals surface area contributed by atoms with Crippen LogP contribution in [0.4, 0.5) is 5.69 Å². The first-order chi connectivity index (χ1) is 10.1. The molecule has 0 bridgehead atoms. The Morgan fingerprint density at radius 2 is 1.57 bits per heavy atom. The van der Waals surface area contributed by atoms with Gasteiger partial charge in [0.1, 0.15) is 0 Å². The molecule has 1 aliphatic heterocycles. The first-order valence-corrected chi connectivity index (χ1v) is 8.82. The Morgan fingerprint density at radius 3 is 2.24 bits per heavy atom. The second kappa shape index (κ2) is 5.64. The van der Waals surface area contributed by atoms with Crippen LogP contribution in [0.5, 0.6) is 0 Å². The second-order valence-corrected chi connectivity index (χ2v) is 9.11. The van der Waals surface area contributed by atoms with E-state index in [0.717, 1.165) is 5.19 Å². The van der Waals surface area contributed by atoms with Gasteiger partial charge in [-0.15, -0.1) is 23.2 Å². The van der Waals surface area contributed by atoms with E-state index in [4.69, 9.17) is 23.2 Å². The summed E-state index contributed by atoms with van der Waals surface area (Å²) in [4.78, 5) is 26.1. The molecule has 0 spiro atoms. The van der Waals surface area contributed by atoms with Gasteiger partial charge in [0.05, 0.1) is 30.8 Å². The molecule has 0 aliphatic carbocycles. The van der Waals surface area contributed by atoms with Crippen molar-refractivity contribution in [3.05, 3.63) is 59.7 Å². The fourth-order valence-electron chi connectivity index (χ4n) is 2.40.